The minimum atomic E-state index is -0.00450. The molecular weight excluding hydrogens is 256 g/mol. The first-order valence-corrected chi connectivity index (χ1v) is 7.23. The molecular formula is C20H20O. The predicted octanol–water partition coefficient (Wildman–Crippen LogP) is 4.85. The van der Waals surface area contributed by atoms with Gasteiger partial charge in [-0.05, 0) is 42.2 Å². The molecule has 0 aliphatic carbocycles. The van der Waals surface area contributed by atoms with Crippen LogP contribution in [0, 0.1) is 6.92 Å². The van der Waals surface area contributed by atoms with E-state index in [0.29, 0.717) is 0 Å². The molecule has 0 aliphatic heterocycles. The molecule has 2 aromatic rings. The molecule has 0 unspecified atom stereocenters. The van der Waals surface area contributed by atoms with E-state index in [2.05, 4.69) is 19.1 Å². The van der Waals surface area contributed by atoms with Crippen LogP contribution in [-0.4, -0.2) is 5.78 Å². The summed E-state index contributed by atoms with van der Waals surface area (Å²) >= 11 is 0. The van der Waals surface area contributed by atoms with Crippen molar-refractivity contribution in [1.82, 2.24) is 0 Å². The quantitative estimate of drug-likeness (QED) is 0.713. The third kappa shape index (κ3) is 4.88. The normalized spacial score (nSPS) is 11.3. The number of allylic oxidation sites excluding steroid dienone is 2. The predicted molar refractivity (Wildman–Crippen MR) is 90.1 cm³/mol. The van der Waals surface area contributed by atoms with Crippen LogP contribution >= 0.6 is 0 Å². The molecule has 0 saturated heterocycles. The summed E-state index contributed by atoms with van der Waals surface area (Å²) in [7, 11) is 0. The molecule has 1 heteroatoms. The third-order valence-corrected chi connectivity index (χ3v) is 3.35. The van der Waals surface area contributed by atoms with Crippen LogP contribution in [0.5, 0.6) is 0 Å². The molecule has 0 aromatic heterocycles. The lowest BCUT2D eigenvalue weighted by Crippen LogP contribution is -1.85. The molecule has 106 valence electrons. The fourth-order valence-electron chi connectivity index (χ4n) is 1.95. The van der Waals surface area contributed by atoms with Crippen LogP contribution in [0.1, 0.15) is 29.2 Å². The Labute approximate surface area is 126 Å². The second-order valence-corrected chi connectivity index (χ2v) is 5.07. The van der Waals surface area contributed by atoms with Gasteiger partial charge in [-0.3, -0.25) is 4.79 Å². The average molecular weight is 276 g/mol. The van der Waals surface area contributed by atoms with Crippen molar-refractivity contribution in [3.05, 3.63) is 82.9 Å². The summed E-state index contributed by atoms with van der Waals surface area (Å²) in [5, 5.41) is 0. The minimum absolute atomic E-state index is 0.00450. The maximum absolute atomic E-state index is 11.8. The smallest absolute Gasteiger partial charge is 0.178 e. The SMILES string of the molecule is CCc1ccc(/C=C/C(=O)/C=C/c2ccc(C)cc2)cc1. The minimum Gasteiger partial charge on any atom is -0.290 e. The van der Waals surface area contributed by atoms with Gasteiger partial charge in [0, 0.05) is 0 Å². The van der Waals surface area contributed by atoms with Crippen molar-refractivity contribution >= 4 is 17.9 Å². The third-order valence-electron chi connectivity index (χ3n) is 3.35. The molecule has 21 heavy (non-hydrogen) atoms. The largest absolute Gasteiger partial charge is 0.290 e. The molecule has 0 aliphatic rings. The Bertz CT molecular complexity index is 643. The van der Waals surface area contributed by atoms with Crippen molar-refractivity contribution in [3.63, 3.8) is 0 Å². The Morgan fingerprint density at radius 2 is 1.33 bits per heavy atom. The fraction of sp³-hybridized carbons (Fsp3) is 0.150. The van der Waals surface area contributed by atoms with Gasteiger partial charge in [0.1, 0.15) is 0 Å². The van der Waals surface area contributed by atoms with Crippen LogP contribution in [0.4, 0.5) is 0 Å². The number of carbonyl (C=O) groups excluding carboxylic acids is 1. The molecule has 0 amide bonds. The molecule has 2 rings (SSSR count). The van der Waals surface area contributed by atoms with Gasteiger partial charge in [0.25, 0.3) is 0 Å². The van der Waals surface area contributed by atoms with Crippen LogP contribution in [-0.2, 0) is 11.2 Å². The summed E-state index contributed by atoms with van der Waals surface area (Å²) in [6.45, 7) is 4.18. The number of carbonyl (C=O) groups is 1. The lowest BCUT2D eigenvalue weighted by Gasteiger charge is -1.96. The van der Waals surface area contributed by atoms with E-state index in [1.807, 2.05) is 55.5 Å². The fourth-order valence-corrected chi connectivity index (χ4v) is 1.95. The van der Waals surface area contributed by atoms with Crippen molar-refractivity contribution in [2.24, 2.45) is 0 Å². The first kappa shape index (κ1) is 15.0. The molecule has 0 atom stereocenters. The van der Waals surface area contributed by atoms with Crippen LogP contribution in [0.25, 0.3) is 12.2 Å². The van der Waals surface area contributed by atoms with Crippen LogP contribution < -0.4 is 0 Å². The van der Waals surface area contributed by atoms with E-state index in [1.165, 1.54) is 11.1 Å². The van der Waals surface area contributed by atoms with Crippen molar-refractivity contribution in [2.75, 3.05) is 0 Å². The summed E-state index contributed by atoms with van der Waals surface area (Å²) < 4.78 is 0. The van der Waals surface area contributed by atoms with Crippen molar-refractivity contribution in [2.45, 2.75) is 20.3 Å². The Balaban J connectivity index is 1.96. The Kier molecular flexibility index (Phi) is 5.28. The highest BCUT2D eigenvalue weighted by atomic mass is 16.1. The molecule has 0 heterocycles. The molecule has 0 N–H and O–H groups in total. The van der Waals surface area contributed by atoms with Gasteiger partial charge < -0.3 is 0 Å². The van der Waals surface area contributed by atoms with Crippen molar-refractivity contribution < 1.29 is 4.79 Å². The lowest BCUT2D eigenvalue weighted by atomic mass is 10.1. The van der Waals surface area contributed by atoms with E-state index >= 15 is 0 Å². The van der Waals surface area contributed by atoms with Gasteiger partial charge in [-0.1, -0.05) is 73.2 Å². The zero-order valence-corrected chi connectivity index (χ0v) is 12.5. The van der Waals surface area contributed by atoms with Crippen molar-refractivity contribution in [1.29, 1.82) is 0 Å². The maximum Gasteiger partial charge on any atom is 0.178 e. The van der Waals surface area contributed by atoms with E-state index < -0.39 is 0 Å². The molecule has 1 nitrogen and oxygen atoms in total. The highest BCUT2D eigenvalue weighted by Gasteiger charge is 1.93. The van der Waals surface area contributed by atoms with Gasteiger partial charge in [0.05, 0.1) is 0 Å². The van der Waals surface area contributed by atoms with E-state index in [4.69, 9.17) is 0 Å². The highest BCUT2D eigenvalue weighted by molar-refractivity contribution is 6.04. The van der Waals surface area contributed by atoms with Gasteiger partial charge in [0.2, 0.25) is 0 Å². The molecule has 0 radical (unpaired) electrons. The highest BCUT2D eigenvalue weighted by Crippen LogP contribution is 2.08. The van der Waals surface area contributed by atoms with Crippen LogP contribution in [0.2, 0.25) is 0 Å². The average Bonchev–Trinajstić information content (AvgIpc) is 2.53. The molecule has 0 bridgehead atoms. The summed E-state index contributed by atoms with van der Waals surface area (Å²) in [5.74, 6) is -0.00450. The van der Waals surface area contributed by atoms with Gasteiger partial charge in [0.15, 0.2) is 5.78 Å². The van der Waals surface area contributed by atoms with Crippen LogP contribution in [0.15, 0.2) is 60.7 Å². The van der Waals surface area contributed by atoms with E-state index in [9.17, 15) is 4.79 Å². The Hall–Kier alpha value is -2.41. The number of ketones is 1. The number of benzene rings is 2. The zero-order valence-electron chi connectivity index (χ0n) is 12.5. The summed E-state index contributed by atoms with van der Waals surface area (Å²) in [4.78, 5) is 11.8. The number of aryl methyl sites for hydroxylation is 2. The lowest BCUT2D eigenvalue weighted by molar-refractivity contribution is -0.110. The molecule has 0 spiro atoms. The first-order valence-electron chi connectivity index (χ1n) is 7.23. The summed E-state index contributed by atoms with van der Waals surface area (Å²) in [6, 6.07) is 16.3. The summed E-state index contributed by atoms with van der Waals surface area (Å²) in [5.41, 5.74) is 4.60. The van der Waals surface area contributed by atoms with Gasteiger partial charge in [-0.15, -0.1) is 0 Å². The van der Waals surface area contributed by atoms with Crippen molar-refractivity contribution in [3.8, 4) is 0 Å². The summed E-state index contributed by atoms with van der Waals surface area (Å²) in [6.07, 6.45) is 7.92. The topological polar surface area (TPSA) is 17.1 Å². The zero-order chi connectivity index (χ0) is 15.1. The van der Waals surface area contributed by atoms with E-state index in [-0.39, 0.29) is 5.78 Å². The molecule has 0 saturated carbocycles. The Morgan fingerprint density at radius 3 is 1.81 bits per heavy atom. The number of hydrogen-bond donors (Lipinski definition) is 0. The number of hydrogen-bond acceptors (Lipinski definition) is 1. The van der Waals surface area contributed by atoms with E-state index in [0.717, 1.165) is 17.5 Å². The standard InChI is InChI=1S/C20H20O/c1-3-17-8-10-19(11-9-17)13-15-20(21)14-12-18-6-4-16(2)5-7-18/h4-15H,3H2,1-2H3/b14-12+,15-13+. The maximum atomic E-state index is 11.8. The number of rotatable bonds is 5. The van der Waals surface area contributed by atoms with E-state index in [1.54, 1.807) is 12.2 Å². The second-order valence-electron chi connectivity index (χ2n) is 5.07. The van der Waals surface area contributed by atoms with Gasteiger partial charge in [-0.2, -0.15) is 0 Å². The Morgan fingerprint density at radius 1 is 0.857 bits per heavy atom. The monoisotopic (exact) mass is 276 g/mol. The molecule has 0 fully saturated rings. The van der Waals surface area contributed by atoms with Gasteiger partial charge >= 0.3 is 0 Å². The molecule has 2 aromatic carbocycles. The first-order chi connectivity index (χ1) is 10.2. The van der Waals surface area contributed by atoms with Gasteiger partial charge in [-0.25, -0.2) is 0 Å². The van der Waals surface area contributed by atoms with Crippen LogP contribution in [0.3, 0.4) is 0 Å². The second kappa shape index (κ2) is 7.39.